The summed E-state index contributed by atoms with van der Waals surface area (Å²) >= 11 is 7.29. The van der Waals surface area contributed by atoms with E-state index in [0.29, 0.717) is 5.02 Å². The van der Waals surface area contributed by atoms with Crippen LogP contribution in [-0.4, -0.2) is 10.8 Å². The monoisotopic (exact) mass is 237 g/mol. The lowest BCUT2D eigenvalue weighted by Crippen LogP contribution is -1.83. The Hall–Kier alpha value is -1.19. The zero-order valence-corrected chi connectivity index (χ0v) is 9.60. The number of hydrogen-bond acceptors (Lipinski definition) is 3. The molecular formula is C11H8ClNOS. The molecule has 0 N–H and O–H groups in total. The van der Waals surface area contributed by atoms with Crippen LogP contribution in [0.4, 0.5) is 0 Å². The predicted octanol–water partition coefficient (Wildman–Crippen LogP) is 3.67. The van der Waals surface area contributed by atoms with E-state index in [1.54, 1.807) is 19.3 Å². The van der Waals surface area contributed by atoms with Crippen LogP contribution in [0.1, 0.15) is 16.6 Å². The van der Waals surface area contributed by atoms with Gasteiger partial charge in [-0.3, -0.25) is 9.78 Å². The first-order chi connectivity index (χ1) is 7.16. The number of rotatable bonds is 2. The van der Waals surface area contributed by atoms with Crippen LogP contribution in [0.5, 0.6) is 0 Å². The van der Waals surface area contributed by atoms with Crippen molar-refractivity contribution in [2.45, 2.75) is 6.92 Å². The second-order valence-corrected chi connectivity index (χ2v) is 4.63. The highest BCUT2D eigenvalue weighted by molar-refractivity contribution is 7.17. The third-order valence-corrected chi connectivity index (χ3v) is 3.38. The fourth-order valence-electron chi connectivity index (χ4n) is 1.23. The molecule has 0 radical (unpaired) electrons. The summed E-state index contributed by atoms with van der Waals surface area (Å²) in [5.41, 5.74) is 0.944. The molecule has 0 unspecified atom stereocenters. The molecule has 0 aromatic carbocycles. The second kappa shape index (κ2) is 4.13. The van der Waals surface area contributed by atoms with Gasteiger partial charge in [0.2, 0.25) is 0 Å². The van der Waals surface area contributed by atoms with Crippen molar-refractivity contribution in [3.05, 3.63) is 40.5 Å². The van der Waals surface area contributed by atoms with Crippen molar-refractivity contribution in [1.82, 2.24) is 4.98 Å². The molecule has 2 heterocycles. The minimum absolute atomic E-state index is 0.0845. The Balaban J connectivity index is 2.41. The van der Waals surface area contributed by atoms with Crippen LogP contribution in [0.25, 0.3) is 10.4 Å². The maximum Gasteiger partial charge on any atom is 0.169 e. The molecule has 15 heavy (non-hydrogen) atoms. The third-order valence-electron chi connectivity index (χ3n) is 1.94. The van der Waals surface area contributed by atoms with Crippen molar-refractivity contribution in [3.63, 3.8) is 0 Å². The van der Waals surface area contributed by atoms with Crippen LogP contribution in [0, 0.1) is 0 Å². The number of carbonyl (C=O) groups is 1. The van der Waals surface area contributed by atoms with E-state index in [-0.39, 0.29) is 5.78 Å². The smallest absolute Gasteiger partial charge is 0.169 e. The molecule has 2 rings (SSSR count). The standard InChI is InChI=1S/C11H8ClNOS/c1-7(14)10-2-3-11(15-10)8-4-9(12)6-13-5-8/h2-6H,1H3. The summed E-state index contributed by atoms with van der Waals surface area (Å²) in [6, 6.07) is 5.57. The van der Waals surface area contributed by atoms with Gasteiger partial charge in [-0.25, -0.2) is 0 Å². The van der Waals surface area contributed by atoms with Crippen LogP contribution in [-0.2, 0) is 0 Å². The maximum absolute atomic E-state index is 11.1. The number of halogens is 1. The van der Waals surface area contributed by atoms with Crippen LogP contribution < -0.4 is 0 Å². The van der Waals surface area contributed by atoms with Crippen molar-refractivity contribution < 1.29 is 4.79 Å². The Morgan fingerprint density at radius 3 is 2.80 bits per heavy atom. The van der Waals surface area contributed by atoms with E-state index in [2.05, 4.69) is 4.98 Å². The van der Waals surface area contributed by atoms with Gasteiger partial charge in [-0.05, 0) is 25.1 Å². The van der Waals surface area contributed by atoms with Gasteiger partial charge in [-0.15, -0.1) is 11.3 Å². The lowest BCUT2D eigenvalue weighted by atomic mass is 10.2. The van der Waals surface area contributed by atoms with Gasteiger partial charge in [0.25, 0.3) is 0 Å². The van der Waals surface area contributed by atoms with E-state index >= 15 is 0 Å². The number of thiophene rings is 1. The van der Waals surface area contributed by atoms with Crippen molar-refractivity contribution in [1.29, 1.82) is 0 Å². The second-order valence-electron chi connectivity index (χ2n) is 3.11. The summed E-state index contributed by atoms with van der Waals surface area (Å²) in [5.74, 6) is 0.0845. The van der Waals surface area contributed by atoms with Crippen molar-refractivity contribution in [3.8, 4) is 10.4 Å². The Kier molecular flexibility index (Phi) is 2.84. The van der Waals surface area contributed by atoms with Gasteiger partial charge in [0.1, 0.15) is 0 Å². The highest BCUT2D eigenvalue weighted by Gasteiger charge is 2.06. The molecule has 4 heteroatoms. The Morgan fingerprint density at radius 2 is 2.20 bits per heavy atom. The molecule has 0 aliphatic heterocycles. The van der Waals surface area contributed by atoms with Crippen molar-refractivity contribution in [2.75, 3.05) is 0 Å². The SMILES string of the molecule is CC(=O)c1ccc(-c2cncc(Cl)c2)s1. The fraction of sp³-hybridized carbons (Fsp3) is 0.0909. The van der Waals surface area contributed by atoms with E-state index in [1.165, 1.54) is 11.3 Å². The minimum atomic E-state index is 0.0845. The molecule has 2 aromatic rings. The number of carbonyl (C=O) groups excluding carboxylic acids is 1. The van der Waals surface area contributed by atoms with E-state index in [4.69, 9.17) is 11.6 Å². The molecule has 2 nitrogen and oxygen atoms in total. The summed E-state index contributed by atoms with van der Waals surface area (Å²) < 4.78 is 0. The van der Waals surface area contributed by atoms with Gasteiger partial charge in [0.05, 0.1) is 9.90 Å². The minimum Gasteiger partial charge on any atom is -0.294 e. The zero-order valence-electron chi connectivity index (χ0n) is 8.03. The predicted molar refractivity (Wildman–Crippen MR) is 62.6 cm³/mol. The summed E-state index contributed by atoms with van der Waals surface area (Å²) in [7, 11) is 0. The molecular weight excluding hydrogens is 230 g/mol. The molecule has 76 valence electrons. The number of aromatic nitrogens is 1. The molecule has 0 fully saturated rings. The number of nitrogens with zero attached hydrogens (tertiary/aromatic N) is 1. The Morgan fingerprint density at radius 1 is 1.40 bits per heavy atom. The first kappa shape index (κ1) is 10.3. The first-order valence-corrected chi connectivity index (χ1v) is 5.58. The average molecular weight is 238 g/mol. The lowest BCUT2D eigenvalue weighted by Gasteiger charge is -1.96. The van der Waals surface area contributed by atoms with E-state index in [1.807, 2.05) is 18.2 Å². The molecule has 0 aliphatic carbocycles. The fourth-order valence-corrected chi connectivity index (χ4v) is 2.29. The molecule has 0 atom stereocenters. The lowest BCUT2D eigenvalue weighted by molar-refractivity contribution is 0.102. The molecule has 0 saturated carbocycles. The first-order valence-electron chi connectivity index (χ1n) is 4.38. The molecule has 0 saturated heterocycles. The number of pyridine rings is 1. The van der Waals surface area contributed by atoms with Gasteiger partial charge in [0.15, 0.2) is 5.78 Å². The topological polar surface area (TPSA) is 30.0 Å². The highest BCUT2D eigenvalue weighted by Crippen LogP contribution is 2.29. The number of Topliss-reactive ketones (excluding diaryl/α,β-unsaturated/α-hetero) is 1. The van der Waals surface area contributed by atoms with Gasteiger partial charge >= 0.3 is 0 Å². The van der Waals surface area contributed by atoms with E-state index in [9.17, 15) is 4.79 Å². The van der Waals surface area contributed by atoms with Gasteiger partial charge in [-0.1, -0.05) is 11.6 Å². The van der Waals surface area contributed by atoms with E-state index < -0.39 is 0 Å². The van der Waals surface area contributed by atoms with Gasteiger partial charge < -0.3 is 0 Å². The van der Waals surface area contributed by atoms with Crippen LogP contribution in [0.2, 0.25) is 5.02 Å². The molecule has 2 aromatic heterocycles. The summed E-state index contributed by atoms with van der Waals surface area (Å²) in [5, 5.41) is 0.602. The van der Waals surface area contributed by atoms with Crippen LogP contribution >= 0.6 is 22.9 Å². The summed E-state index contributed by atoms with van der Waals surface area (Å²) in [6.45, 7) is 1.56. The normalized spacial score (nSPS) is 10.3. The highest BCUT2D eigenvalue weighted by atomic mass is 35.5. The number of hydrogen-bond donors (Lipinski definition) is 0. The van der Waals surface area contributed by atoms with Gasteiger partial charge in [0, 0.05) is 22.8 Å². The Bertz CT molecular complexity index is 507. The van der Waals surface area contributed by atoms with Crippen LogP contribution in [0.15, 0.2) is 30.6 Å². The van der Waals surface area contributed by atoms with Crippen molar-refractivity contribution in [2.24, 2.45) is 0 Å². The molecule has 0 bridgehead atoms. The summed E-state index contributed by atoms with van der Waals surface area (Å²) in [4.78, 5) is 16.9. The van der Waals surface area contributed by atoms with E-state index in [0.717, 1.165) is 15.3 Å². The average Bonchev–Trinajstić information content (AvgIpc) is 2.66. The third kappa shape index (κ3) is 2.25. The number of ketones is 1. The van der Waals surface area contributed by atoms with Crippen molar-refractivity contribution >= 4 is 28.7 Å². The van der Waals surface area contributed by atoms with Gasteiger partial charge in [-0.2, -0.15) is 0 Å². The van der Waals surface area contributed by atoms with Crippen LogP contribution in [0.3, 0.4) is 0 Å². The molecule has 0 spiro atoms. The maximum atomic E-state index is 11.1. The molecule has 0 aliphatic rings. The summed E-state index contributed by atoms with van der Waals surface area (Å²) in [6.07, 6.45) is 3.33. The Labute approximate surface area is 96.5 Å². The molecule has 0 amide bonds. The largest absolute Gasteiger partial charge is 0.294 e. The quantitative estimate of drug-likeness (QED) is 0.746. The zero-order chi connectivity index (χ0) is 10.8.